The van der Waals surface area contributed by atoms with E-state index in [-0.39, 0.29) is 29.8 Å². The van der Waals surface area contributed by atoms with Crippen LogP contribution in [-0.4, -0.2) is 60.6 Å². The summed E-state index contributed by atoms with van der Waals surface area (Å²) in [6, 6.07) is 0. The minimum Gasteiger partial charge on any atom is -0.350 e. The molecule has 5 unspecified atom stereocenters. The van der Waals surface area contributed by atoms with Crippen molar-refractivity contribution in [3.63, 3.8) is 0 Å². The monoisotopic (exact) mass is 608 g/mol. The van der Waals surface area contributed by atoms with E-state index in [1.54, 1.807) is 0 Å². The minimum absolute atomic E-state index is 0.113. The first-order chi connectivity index (χ1) is 20.5. The fourth-order valence-corrected chi connectivity index (χ4v) is 10.6. The van der Waals surface area contributed by atoms with Crippen molar-refractivity contribution in [2.24, 2.45) is 47.3 Å². The summed E-state index contributed by atoms with van der Waals surface area (Å²) in [5.41, 5.74) is -1.18. The Morgan fingerprint density at radius 1 is 0.628 bits per heavy atom. The van der Waals surface area contributed by atoms with Gasteiger partial charge < -0.3 is 28.4 Å². The van der Waals surface area contributed by atoms with Crippen LogP contribution < -0.4 is 0 Å². The highest BCUT2D eigenvalue weighted by atomic mass is 17.3. The van der Waals surface area contributed by atoms with Gasteiger partial charge in [-0.15, -0.1) is 0 Å². The van der Waals surface area contributed by atoms with Gasteiger partial charge in [-0.2, -0.15) is 0 Å². The number of hydrogen-bond donors (Lipinski definition) is 0. The van der Waals surface area contributed by atoms with E-state index < -0.39 is 47.9 Å². The number of rotatable bonds is 5. The molecule has 2 aliphatic carbocycles. The number of fused-ring (bicyclic) bond motifs is 4. The molecule has 0 aromatic rings. The summed E-state index contributed by atoms with van der Waals surface area (Å²) in [5.74, 6) is 0.794. The molecule has 43 heavy (non-hydrogen) atoms. The Labute approximate surface area is 255 Å². The minimum atomic E-state index is -0.801. The molecular formula is C33H52O10. The van der Waals surface area contributed by atoms with Crippen LogP contribution in [0.1, 0.15) is 99.8 Å². The summed E-state index contributed by atoms with van der Waals surface area (Å²) in [4.78, 5) is 24.5. The molecule has 0 radical (unpaired) electrons. The fraction of sp³-hybridized carbons (Fsp3) is 1.00. The number of hydrogen-bond acceptors (Lipinski definition) is 10. The molecule has 10 fully saturated rings. The molecule has 10 rings (SSSR count). The maximum atomic E-state index is 6.65. The van der Waals surface area contributed by atoms with Crippen molar-refractivity contribution in [2.75, 3.05) is 6.61 Å². The van der Waals surface area contributed by atoms with Crippen LogP contribution >= 0.6 is 0 Å². The van der Waals surface area contributed by atoms with Gasteiger partial charge in [0.15, 0.2) is 36.4 Å². The van der Waals surface area contributed by atoms with Gasteiger partial charge in [0.25, 0.3) is 0 Å². The maximum absolute atomic E-state index is 6.65. The Kier molecular flexibility index (Phi) is 7.18. The van der Waals surface area contributed by atoms with Crippen molar-refractivity contribution in [3.05, 3.63) is 0 Å². The summed E-state index contributed by atoms with van der Waals surface area (Å²) in [6.45, 7) is 15.4. The highest BCUT2D eigenvalue weighted by molar-refractivity contribution is 5.10. The highest BCUT2D eigenvalue weighted by Crippen LogP contribution is 2.62. The Morgan fingerprint density at radius 2 is 1.12 bits per heavy atom. The highest BCUT2D eigenvalue weighted by Gasteiger charge is 2.71. The third-order valence-electron chi connectivity index (χ3n) is 13.1. The van der Waals surface area contributed by atoms with Crippen LogP contribution in [-0.2, 0) is 48.0 Å². The molecule has 2 spiro atoms. The second-order valence-corrected chi connectivity index (χ2v) is 15.8. The van der Waals surface area contributed by atoms with Crippen LogP contribution in [0.3, 0.4) is 0 Å². The maximum Gasteiger partial charge on any atom is 0.201 e. The van der Waals surface area contributed by atoms with Gasteiger partial charge in [-0.05, 0) is 83.0 Å². The average molecular weight is 609 g/mol. The van der Waals surface area contributed by atoms with Gasteiger partial charge in [-0.3, -0.25) is 0 Å². The predicted molar refractivity (Wildman–Crippen MR) is 150 cm³/mol. The first-order valence-corrected chi connectivity index (χ1v) is 17.2. The lowest BCUT2D eigenvalue weighted by Crippen LogP contribution is -2.70. The number of ether oxygens (including phenoxy) is 6. The Bertz CT molecular complexity index is 1080. The van der Waals surface area contributed by atoms with Crippen LogP contribution in [0.25, 0.3) is 0 Å². The second-order valence-electron chi connectivity index (χ2n) is 15.8. The molecule has 4 bridgehead atoms. The molecule has 0 aromatic carbocycles. The quantitative estimate of drug-likeness (QED) is 0.355. The van der Waals surface area contributed by atoms with Crippen molar-refractivity contribution in [3.8, 4) is 0 Å². The molecule has 0 aromatic heterocycles. The van der Waals surface area contributed by atoms with Gasteiger partial charge in [0.1, 0.15) is 0 Å². The van der Waals surface area contributed by atoms with Gasteiger partial charge in [0.05, 0.1) is 12.7 Å². The van der Waals surface area contributed by atoms with Crippen LogP contribution in [0.4, 0.5) is 0 Å². The van der Waals surface area contributed by atoms with Crippen molar-refractivity contribution in [2.45, 2.75) is 154 Å². The van der Waals surface area contributed by atoms with E-state index in [9.17, 15) is 0 Å². The predicted octanol–water partition coefficient (Wildman–Crippen LogP) is 5.82. The molecule has 10 nitrogen and oxygen atoms in total. The molecule has 10 heteroatoms. The summed E-state index contributed by atoms with van der Waals surface area (Å²) >= 11 is 0. The van der Waals surface area contributed by atoms with Crippen LogP contribution in [0, 0.1) is 47.3 Å². The van der Waals surface area contributed by atoms with E-state index in [2.05, 4.69) is 27.7 Å². The van der Waals surface area contributed by atoms with Crippen LogP contribution in [0.2, 0.25) is 0 Å². The molecule has 244 valence electrons. The molecule has 8 saturated heterocycles. The standard InChI is InChI=1S/C33H52O10/c1-17-8-10-24-20(4)26(36-28-32(24)22(17)12-14-30(6,38-28)40-42-32)34-16-19(3)35-27-21(5)25-11-9-18(2)23-13-15-31(7)39-29(37-27)33(23,25)43-41-31/h17-29H,8-16H2,1-7H3/t17-,18-,19?,20-,21-,22?,23?,24+,25+,26?,27?,28-,29-,30+,31+,32-,33-/m1/s1. The SMILES string of the molecule is CC(COC1O[C@@H]2O[C@]3(C)CCC4[C@H](C)CC[C@@H]([C@H]1C)[C@]42OO3)OC1O[C@@H]2O[C@]3(C)CCC4[C@H](C)CC[C@@H]([C@H]1C)[C@]42OO3. The average Bonchev–Trinajstić information content (AvgIpc) is 3.34. The molecule has 8 aliphatic heterocycles. The van der Waals surface area contributed by atoms with Gasteiger partial charge in [-0.1, -0.05) is 27.7 Å². The zero-order valence-electron chi connectivity index (χ0n) is 27.0. The lowest BCUT2D eigenvalue weighted by atomic mass is 9.58. The largest absolute Gasteiger partial charge is 0.350 e. The van der Waals surface area contributed by atoms with E-state index in [4.69, 9.17) is 48.0 Å². The van der Waals surface area contributed by atoms with E-state index in [0.29, 0.717) is 30.3 Å². The van der Waals surface area contributed by atoms with Gasteiger partial charge in [-0.25, -0.2) is 19.6 Å². The Balaban J connectivity index is 0.956. The zero-order chi connectivity index (χ0) is 29.9. The van der Waals surface area contributed by atoms with Crippen molar-refractivity contribution < 1.29 is 48.0 Å². The van der Waals surface area contributed by atoms with Crippen molar-refractivity contribution in [1.82, 2.24) is 0 Å². The van der Waals surface area contributed by atoms with Crippen molar-refractivity contribution in [1.29, 1.82) is 0 Å². The summed E-state index contributed by atoms with van der Waals surface area (Å²) in [7, 11) is 0. The normalized spacial score (nSPS) is 59.5. The van der Waals surface area contributed by atoms with E-state index in [1.807, 2.05) is 20.8 Å². The molecule has 17 atom stereocenters. The van der Waals surface area contributed by atoms with Gasteiger partial charge in [0.2, 0.25) is 11.6 Å². The third kappa shape index (κ3) is 4.34. The summed E-state index contributed by atoms with van der Waals surface area (Å²) < 4.78 is 39.4. The Hall–Kier alpha value is -0.400. The van der Waals surface area contributed by atoms with E-state index in [1.165, 1.54) is 0 Å². The molecule has 10 aliphatic rings. The van der Waals surface area contributed by atoms with E-state index in [0.717, 1.165) is 51.4 Å². The van der Waals surface area contributed by atoms with Crippen LogP contribution in [0.15, 0.2) is 0 Å². The molecule has 0 N–H and O–H groups in total. The van der Waals surface area contributed by atoms with E-state index >= 15 is 0 Å². The lowest BCUT2D eigenvalue weighted by molar-refractivity contribution is -0.579. The second kappa shape index (κ2) is 10.3. The first-order valence-electron chi connectivity index (χ1n) is 17.2. The van der Waals surface area contributed by atoms with Crippen LogP contribution in [0.5, 0.6) is 0 Å². The first kappa shape index (κ1) is 30.0. The Morgan fingerprint density at radius 3 is 1.65 bits per heavy atom. The topological polar surface area (TPSA) is 92.3 Å². The molecular weight excluding hydrogens is 556 g/mol. The lowest BCUT2D eigenvalue weighted by Gasteiger charge is -2.60. The van der Waals surface area contributed by atoms with Gasteiger partial charge >= 0.3 is 0 Å². The summed E-state index contributed by atoms with van der Waals surface area (Å²) in [6.07, 6.45) is 5.90. The zero-order valence-corrected chi connectivity index (χ0v) is 27.0. The smallest absolute Gasteiger partial charge is 0.201 e. The summed E-state index contributed by atoms with van der Waals surface area (Å²) in [5, 5.41) is 0. The van der Waals surface area contributed by atoms with Crippen molar-refractivity contribution >= 4 is 0 Å². The molecule has 8 heterocycles. The fourth-order valence-electron chi connectivity index (χ4n) is 10.6. The van der Waals surface area contributed by atoms with Gasteiger partial charge in [0, 0.05) is 36.5 Å². The molecule has 0 amide bonds. The molecule has 2 saturated carbocycles. The third-order valence-corrected chi connectivity index (χ3v) is 13.1.